The molecule has 2 aromatic carbocycles. The average molecular weight is 344 g/mol. The monoisotopic (exact) mass is 344 g/mol. The fraction of sp³-hybridized carbons (Fsp3) is 0. The van der Waals surface area contributed by atoms with Gasteiger partial charge in [0.2, 0.25) is 5.95 Å². The molecule has 0 fully saturated rings. The average Bonchev–Trinajstić information content (AvgIpc) is 2.69. The first-order valence-electron chi connectivity index (χ1n) is 7.82. The summed E-state index contributed by atoms with van der Waals surface area (Å²) >= 11 is 0. The Labute approximate surface area is 147 Å². The van der Waals surface area contributed by atoms with Crippen molar-refractivity contribution in [2.75, 3.05) is 0 Å². The van der Waals surface area contributed by atoms with Crippen LogP contribution in [0, 0.1) is 10.1 Å². The zero-order chi connectivity index (χ0) is 18.1. The standard InChI is InChI=1S/C19H12N4O3/c24-18-12-17(13-6-8-14(9-7-13)23(25)26)22(19-20-10-3-11-21-19)16-5-2-1-4-15(16)18/h1-12H. The molecule has 7 nitrogen and oxygen atoms in total. The lowest BCUT2D eigenvalue weighted by atomic mass is 10.1. The van der Waals surface area contributed by atoms with E-state index < -0.39 is 4.92 Å². The Morgan fingerprint density at radius 2 is 1.62 bits per heavy atom. The van der Waals surface area contributed by atoms with Gasteiger partial charge in [0, 0.05) is 36.0 Å². The molecule has 4 aromatic rings. The maximum Gasteiger partial charge on any atom is 0.269 e. The summed E-state index contributed by atoms with van der Waals surface area (Å²) in [5.74, 6) is 0.414. The summed E-state index contributed by atoms with van der Waals surface area (Å²) in [4.78, 5) is 31.6. The topological polar surface area (TPSA) is 90.9 Å². The van der Waals surface area contributed by atoms with E-state index in [-0.39, 0.29) is 11.1 Å². The smallest absolute Gasteiger partial charge is 0.269 e. The molecular weight excluding hydrogens is 332 g/mol. The van der Waals surface area contributed by atoms with E-state index in [4.69, 9.17) is 0 Å². The molecule has 0 radical (unpaired) electrons. The van der Waals surface area contributed by atoms with Crippen molar-refractivity contribution in [3.63, 3.8) is 0 Å². The number of hydrogen-bond donors (Lipinski definition) is 0. The summed E-state index contributed by atoms with van der Waals surface area (Å²) < 4.78 is 1.78. The highest BCUT2D eigenvalue weighted by molar-refractivity contribution is 5.84. The van der Waals surface area contributed by atoms with E-state index in [9.17, 15) is 14.9 Å². The summed E-state index contributed by atoms with van der Waals surface area (Å²) in [5.41, 5.74) is 1.74. The molecule has 0 amide bonds. The molecule has 0 bridgehead atoms. The van der Waals surface area contributed by atoms with Gasteiger partial charge in [-0.05, 0) is 35.9 Å². The Morgan fingerprint density at radius 3 is 2.31 bits per heavy atom. The third-order valence-electron chi connectivity index (χ3n) is 4.05. The Morgan fingerprint density at radius 1 is 0.923 bits per heavy atom. The predicted octanol–water partition coefficient (Wildman–Crippen LogP) is 3.36. The Bertz CT molecular complexity index is 1170. The summed E-state index contributed by atoms with van der Waals surface area (Å²) in [7, 11) is 0. The van der Waals surface area contributed by atoms with E-state index in [1.807, 2.05) is 12.1 Å². The molecule has 0 aliphatic carbocycles. The molecule has 26 heavy (non-hydrogen) atoms. The van der Waals surface area contributed by atoms with Crippen LogP contribution in [0.3, 0.4) is 0 Å². The van der Waals surface area contributed by atoms with Crippen LogP contribution in [0.15, 0.2) is 77.9 Å². The number of hydrogen-bond acceptors (Lipinski definition) is 5. The molecule has 0 atom stereocenters. The van der Waals surface area contributed by atoms with Crippen LogP contribution in [0.1, 0.15) is 0 Å². The molecule has 4 rings (SSSR count). The fourth-order valence-electron chi connectivity index (χ4n) is 2.86. The highest BCUT2D eigenvalue weighted by atomic mass is 16.6. The number of nitro groups is 1. The normalized spacial score (nSPS) is 10.8. The Hall–Kier alpha value is -3.87. The van der Waals surface area contributed by atoms with Gasteiger partial charge in [0.1, 0.15) is 0 Å². The minimum absolute atomic E-state index is 0.0144. The van der Waals surface area contributed by atoms with E-state index in [2.05, 4.69) is 9.97 Å². The van der Waals surface area contributed by atoms with Crippen molar-refractivity contribution in [2.45, 2.75) is 0 Å². The van der Waals surface area contributed by atoms with Crippen LogP contribution in [0.2, 0.25) is 0 Å². The van der Waals surface area contributed by atoms with E-state index in [0.29, 0.717) is 28.1 Å². The van der Waals surface area contributed by atoms with Crippen molar-refractivity contribution >= 4 is 16.6 Å². The molecule has 0 saturated carbocycles. The number of para-hydroxylation sites is 1. The van der Waals surface area contributed by atoms with Crippen LogP contribution >= 0.6 is 0 Å². The largest absolute Gasteiger partial charge is 0.289 e. The zero-order valence-corrected chi connectivity index (χ0v) is 13.4. The van der Waals surface area contributed by atoms with Gasteiger partial charge in [-0.15, -0.1) is 0 Å². The molecule has 2 heterocycles. The number of nitrogens with zero attached hydrogens (tertiary/aromatic N) is 4. The van der Waals surface area contributed by atoms with Crippen molar-refractivity contribution in [2.24, 2.45) is 0 Å². The van der Waals surface area contributed by atoms with E-state index in [1.54, 1.807) is 47.3 Å². The predicted molar refractivity (Wildman–Crippen MR) is 97.2 cm³/mol. The SMILES string of the molecule is O=c1cc(-c2ccc([N+](=O)[O-])cc2)n(-c2ncccn2)c2ccccc12. The van der Waals surface area contributed by atoms with Crippen molar-refractivity contribution in [3.8, 4) is 17.2 Å². The van der Waals surface area contributed by atoms with Crippen LogP contribution in [-0.2, 0) is 0 Å². The third-order valence-corrected chi connectivity index (χ3v) is 4.05. The van der Waals surface area contributed by atoms with Gasteiger partial charge in [-0.1, -0.05) is 12.1 Å². The van der Waals surface area contributed by atoms with Crippen molar-refractivity contribution in [3.05, 3.63) is 93.4 Å². The number of fused-ring (bicyclic) bond motifs is 1. The van der Waals surface area contributed by atoms with Gasteiger partial charge in [-0.25, -0.2) is 9.97 Å². The number of pyridine rings is 1. The first kappa shape index (κ1) is 15.6. The highest BCUT2D eigenvalue weighted by Crippen LogP contribution is 2.26. The van der Waals surface area contributed by atoms with Gasteiger partial charge >= 0.3 is 0 Å². The van der Waals surface area contributed by atoms with E-state index in [0.717, 1.165) is 0 Å². The Balaban J connectivity index is 2.05. The zero-order valence-electron chi connectivity index (χ0n) is 13.4. The third kappa shape index (κ3) is 2.61. The van der Waals surface area contributed by atoms with Crippen molar-refractivity contribution < 1.29 is 4.92 Å². The number of nitro benzene ring substituents is 1. The maximum absolute atomic E-state index is 12.6. The van der Waals surface area contributed by atoms with E-state index >= 15 is 0 Å². The van der Waals surface area contributed by atoms with Gasteiger partial charge < -0.3 is 0 Å². The molecule has 0 aliphatic heterocycles. The van der Waals surface area contributed by atoms with Gasteiger partial charge in [0.15, 0.2) is 5.43 Å². The summed E-state index contributed by atoms with van der Waals surface area (Å²) in [6, 6.07) is 16.4. The van der Waals surface area contributed by atoms with Crippen LogP contribution in [0.5, 0.6) is 0 Å². The van der Waals surface area contributed by atoms with Crippen molar-refractivity contribution in [1.82, 2.24) is 14.5 Å². The molecule has 0 aliphatic rings. The number of rotatable bonds is 3. The van der Waals surface area contributed by atoms with Crippen LogP contribution in [0.4, 0.5) is 5.69 Å². The first-order valence-corrected chi connectivity index (χ1v) is 7.82. The van der Waals surface area contributed by atoms with Gasteiger partial charge in [0.25, 0.3) is 5.69 Å². The van der Waals surface area contributed by atoms with Crippen LogP contribution in [-0.4, -0.2) is 19.5 Å². The number of aromatic nitrogens is 3. The minimum Gasteiger partial charge on any atom is -0.289 e. The second kappa shape index (κ2) is 6.21. The first-order chi connectivity index (χ1) is 12.6. The minimum atomic E-state index is -0.461. The van der Waals surface area contributed by atoms with Gasteiger partial charge in [0.05, 0.1) is 16.1 Å². The lowest BCUT2D eigenvalue weighted by Crippen LogP contribution is -2.12. The van der Waals surface area contributed by atoms with Crippen LogP contribution < -0.4 is 5.43 Å². The number of benzene rings is 2. The van der Waals surface area contributed by atoms with Gasteiger partial charge in [-0.2, -0.15) is 0 Å². The molecule has 7 heteroatoms. The summed E-state index contributed by atoms with van der Waals surface area (Å²) in [5, 5.41) is 11.4. The van der Waals surface area contributed by atoms with Gasteiger partial charge in [-0.3, -0.25) is 19.5 Å². The highest BCUT2D eigenvalue weighted by Gasteiger charge is 2.15. The lowest BCUT2D eigenvalue weighted by Gasteiger charge is -2.15. The molecular formula is C19H12N4O3. The lowest BCUT2D eigenvalue weighted by molar-refractivity contribution is -0.384. The summed E-state index contributed by atoms with van der Waals surface area (Å²) in [6.07, 6.45) is 3.24. The maximum atomic E-state index is 12.6. The van der Waals surface area contributed by atoms with Crippen molar-refractivity contribution in [1.29, 1.82) is 0 Å². The molecule has 126 valence electrons. The second-order valence-corrected chi connectivity index (χ2v) is 5.60. The molecule has 0 N–H and O–H groups in total. The molecule has 2 aromatic heterocycles. The Kier molecular flexibility index (Phi) is 3.74. The van der Waals surface area contributed by atoms with E-state index in [1.165, 1.54) is 18.2 Å². The fourth-order valence-corrected chi connectivity index (χ4v) is 2.86. The molecule has 0 saturated heterocycles. The summed E-state index contributed by atoms with van der Waals surface area (Å²) in [6.45, 7) is 0. The second-order valence-electron chi connectivity index (χ2n) is 5.60. The quantitative estimate of drug-likeness (QED) is 0.420. The molecule has 0 spiro atoms. The number of non-ortho nitro benzene ring substituents is 1. The van der Waals surface area contributed by atoms with Crippen LogP contribution in [0.25, 0.3) is 28.1 Å². The molecule has 0 unspecified atom stereocenters.